The molecule has 0 saturated heterocycles. The third-order valence-corrected chi connectivity index (χ3v) is 3.26. The first-order chi connectivity index (χ1) is 8.08. The lowest BCUT2D eigenvalue weighted by Crippen LogP contribution is -2.23. The molecular weight excluding hydrogens is 216 g/mol. The number of benzene rings is 1. The minimum absolute atomic E-state index is 0.189. The van der Waals surface area contributed by atoms with Crippen molar-refractivity contribution >= 4 is 5.97 Å². The van der Waals surface area contributed by atoms with Gasteiger partial charge in [0.05, 0.1) is 13.0 Å². The number of carboxylic acid groups (broad SMARTS) is 1. The van der Waals surface area contributed by atoms with Crippen LogP contribution in [0.25, 0.3) is 0 Å². The average Bonchev–Trinajstić information content (AvgIpc) is 2.35. The van der Waals surface area contributed by atoms with E-state index in [0.29, 0.717) is 6.42 Å². The summed E-state index contributed by atoms with van der Waals surface area (Å²) in [4.78, 5) is 11.2. The molecule has 2 atom stereocenters. The van der Waals surface area contributed by atoms with Gasteiger partial charge in [-0.1, -0.05) is 32.4 Å². The number of ether oxygens (including phenoxy) is 1. The molecule has 1 N–H and O–H groups in total. The number of hydrogen-bond donors (Lipinski definition) is 1. The van der Waals surface area contributed by atoms with Crippen LogP contribution in [0.15, 0.2) is 24.3 Å². The second-order valence-electron chi connectivity index (χ2n) is 4.38. The smallest absolute Gasteiger partial charge is 0.307 e. The largest absolute Gasteiger partial charge is 0.497 e. The number of carboxylic acids is 1. The quantitative estimate of drug-likeness (QED) is 0.826. The van der Waals surface area contributed by atoms with Gasteiger partial charge in [-0.3, -0.25) is 4.79 Å². The Morgan fingerprint density at radius 3 is 2.35 bits per heavy atom. The van der Waals surface area contributed by atoms with E-state index in [1.807, 2.05) is 38.1 Å². The maximum absolute atomic E-state index is 11.2. The number of hydrogen-bond acceptors (Lipinski definition) is 2. The summed E-state index contributed by atoms with van der Waals surface area (Å²) in [7, 11) is 1.62. The lowest BCUT2D eigenvalue weighted by Gasteiger charge is -2.18. The normalized spacial score (nSPS) is 14.1. The minimum atomic E-state index is -0.713. The SMILES string of the molecule is CCC(C)C(Cc1ccc(OC)cc1)C(=O)O. The van der Waals surface area contributed by atoms with Crippen molar-refractivity contribution < 1.29 is 14.6 Å². The maximum atomic E-state index is 11.2. The van der Waals surface area contributed by atoms with Gasteiger partial charge in [-0.05, 0) is 30.0 Å². The van der Waals surface area contributed by atoms with E-state index in [1.54, 1.807) is 7.11 Å². The van der Waals surface area contributed by atoms with Gasteiger partial charge in [-0.25, -0.2) is 0 Å². The van der Waals surface area contributed by atoms with E-state index in [2.05, 4.69) is 0 Å². The minimum Gasteiger partial charge on any atom is -0.497 e. The van der Waals surface area contributed by atoms with E-state index in [9.17, 15) is 9.90 Å². The molecule has 0 fully saturated rings. The zero-order valence-electron chi connectivity index (χ0n) is 10.6. The van der Waals surface area contributed by atoms with Crippen LogP contribution >= 0.6 is 0 Å². The van der Waals surface area contributed by atoms with Crippen molar-refractivity contribution in [1.82, 2.24) is 0 Å². The van der Waals surface area contributed by atoms with Gasteiger partial charge in [0.15, 0.2) is 0 Å². The summed E-state index contributed by atoms with van der Waals surface area (Å²) in [6, 6.07) is 7.59. The number of aliphatic carboxylic acids is 1. The highest BCUT2D eigenvalue weighted by Gasteiger charge is 2.23. The predicted molar refractivity (Wildman–Crippen MR) is 67.3 cm³/mol. The van der Waals surface area contributed by atoms with Gasteiger partial charge >= 0.3 is 5.97 Å². The standard InChI is InChI=1S/C14H20O3/c1-4-10(2)13(14(15)16)9-11-5-7-12(17-3)8-6-11/h5-8,10,13H,4,9H2,1-3H3,(H,15,16). The molecule has 0 aromatic heterocycles. The molecule has 0 aliphatic carbocycles. The molecule has 0 spiro atoms. The zero-order valence-corrected chi connectivity index (χ0v) is 10.6. The second kappa shape index (κ2) is 6.28. The Labute approximate surface area is 102 Å². The summed E-state index contributed by atoms with van der Waals surface area (Å²) in [5.41, 5.74) is 1.04. The Balaban J connectivity index is 2.75. The van der Waals surface area contributed by atoms with Crippen molar-refractivity contribution in [2.45, 2.75) is 26.7 Å². The van der Waals surface area contributed by atoms with E-state index in [1.165, 1.54) is 0 Å². The summed E-state index contributed by atoms with van der Waals surface area (Å²) >= 11 is 0. The van der Waals surface area contributed by atoms with Gasteiger partial charge in [-0.2, -0.15) is 0 Å². The Morgan fingerprint density at radius 2 is 1.94 bits per heavy atom. The van der Waals surface area contributed by atoms with Gasteiger partial charge in [-0.15, -0.1) is 0 Å². The van der Waals surface area contributed by atoms with Crippen LogP contribution < -0.4 is 4.74 Å². The zero-order chi connectivity index (χ0) is 12.8. The highest BCUT2D eigenvalue weighted by atomic mass is 16.5. The van der Waals surface area contributed by atoms with Gasteiger partial charge in [0.2, 0.25) is 0 Å². The first kappa shape index (κ1) is 13.6. The number of methoxy groups -OCH3 is 1. The first-order valence-electron chi connectivity index (χ1n) is 5.94. The third kappa shape index (κ3) is 3.77. The summed E-state index contributed by atoms with van der Waals surface area (Å²) in [5, 5.41) is 9.21. The summed E-state index contributed by atoms with van der Waals surface area (Å²) in [5.74, 6) is -0.0395. The van der Waals surface area contributed by atoms with E-state index in [-0.39, 0.29) is 11.8 Å². The Bertz CT molecular complexity index is 356. The molecular formula is C14H20O3. The van der Waals surface area contributed by atoms with E-state index >= 15 is 0 Å². The van der Waals surface area contributed by atoms with Gasteiger partial charge < -0.3 is 9.84 Å². The highest BCUT2D eigenvalue weighted by Crippen LogP contribution is 2.22. The third-order valence-electron chi connectivity index (χ3n) is 3.26. The fraction of sp³-hybridized carbons (Fsp3) is 0.500. The van der Waals surface area contributed by atoms with Crippen molar-refractivity contribution in [3.05, 3.63) is 29.8 Å². The van der Waals surface area contributed by atoms with Crippen molar-refractivity contribution in [2.24, 2.45) is 11.8 Å². The maximum Gasteiger partial charge on any atom is 0.307 e. The predicted octanol–water partition coefficient (Wildman–Crippen LogP) is 2.98. The van der Waals surface area contributed by atoms with Crippen LogP contribution in [-0.4, -0.2) is 18.2 Å². The summed E-state index contributed by atoms with van der Waals surface area (Å²) in [6.45, 7) is 4.01. The molecule has 0 aliphatic rings. The Hall–Kier alpha value is -1.51. The van der Waals surface area contributed by atoms with Gasteiger partial charge in [0, 0.05) is 0 Å². The lowest BCUT2D eigenvalue weighted by molar-refractivity contribution is -0.143. The molecule has 3 nitrogen and oxygen atoms in total. The lowest BCUT2D eigenvalue weighted by atomic mass is 9.86. The van der Waals surface area contributed by atoms with Crippen molar-refractivity contribution in [3.8, 4) is 5.75 Å². The summed E-state index contributed by atoms with van der Waals surface area (Å²) < 4.78 is 5.07. The summed E-state index contributed by atoms with van der Waals surface area (Å²) in [6.07, 6.45) is 1.46. The van der Waals surface area contributed by atoms with Crippen LogP contribution in [0, 0.1) is 11.8 Å². The molecule has 0 bridgehead atoms. The molecule has 1 aromatic rings. The fourth-order valence-corrected chi connectivity index (χ4v) is 1.83. The Kier molecular flexibility index (Phi) is 5.01. The average molecular weight is 236 g/mol. The monoisotopic (exact) mass is 236 g/mol. The molecule has 0 saturated carbocycles. The van der Waals surface area contributed by atoms with E-state index in [4.69, 9.17) is 4.74 Å². The first-order valence-corrected chi connectivity index (χ1v) is 5.94. The molecule has 0 amide bonds. The molecule has 1 aromatic carbocycles. The number of rotatable bonds is 6. The van der Waals surface area contributed by atoms with Crippen LogP contribution in [0.2, 0.25) is 0 Å². The molecule has 1 rings (SSSR count). The second-order valence-corrected chi connectivity index (χ2v) is 4.38. The van der Waals surface area contributed by atoms with Crippen molar-refractivity contribution in [3.63, 3.8) is 0 Å². The topological polar surface area (TPSA) is 46.5 Å². The highest BCUT2D eigenvalue weighted by molar-refractivity contribution is 5.70. The molecule has 2 unspecified atom stereocenters. The van der Waals surface area contributed by atoms with Gasteiger partial charge in [0.25, 0.3) is 0 Å². The molecule has 17 heavy (non-hydrogen) atoms. The molecule has 0 heterocycles. The van der Waals surface area contributed by atoms with Crippen molar-refractivity contribution in [2.75, 3.05) is 7.11 Å². The molecule has 0 aliphatic heterocycles. The van der Waals surface area contributed by atoms with Crippen LogP contribution in [-0.2, 0) is 11.2 Å². The van der Waals surface area contributed by atoms with Crippen LogP contribution in [0.5, 0.6) is 5.75 Å². The number of carbonyl (C=O) groups is 1. The van der Waals surface area contributed by atoms with Crippen molar-refractivity contribution in [1.29, 1.82) is 0 Å². The molecule has 3 heteroatoms. The van der Waals surface area contributed by atoms with Crippen LogP contribution in [0.1, 0.15) is 25.8 Å². The van der Waals surface area contributed by atoms with Crippen LogP contribution in [0.3, 0.4) is 0 Å². The molecule has 94 valence electrons. The van der Waals surface area contributed by atoms with Crippen LogP contribution in [0.4, 0.5) is 0 Å². The van der Waals surface area contributed by atoms with E-state index < -0.39 is 5.97 Å². The Morgan fingerprint density at radius 1 is 1.35 bits per heavy atom. The molecule has 0 radical (unpaired) electrons. The van der Waals surface area contributed by atoms with Gasteiger partial charge in [0.1, 0.15) is 5.75 Å². The van der Waals surface area contributed by atoms with E-state index in [0.717, 1.165) is 17.7 Å². The fourth-order valence-electron chi connectivity index (χ4n) is 1.83.